The number of methoxy groups -OCH3 is 1. The minimum Gasteiger partial charge on any atom is -0.501 e. The van der Waals surface area contributed by atoms with Crippen molar-refractivity contribution in [2.24, 2.45) is 0 Å². The number of aliphatic carboxylic acids is 1. The number of nitrogens with zero attached hydrogens (tertiary/aromatic N) is 1. The molecule has 0 fully saturated rings. The number of carboxylic acids is 1. The first-order chi connectivity index (χ1) is 8.24. The Morgan fingerprint density at radius 1 is 1.50 bits per heavy atom. The molecule has 0 radical (unpaired) electrons. The summed E-state index contributed by atoms with van der Waals surface area (Å²) in [4.78, 5) is 13.9. The molecule has 18 heavy (non-hydrogen) atoms. The standard InChI is InChI=1S/C9H8F3NO5/c1-17-8-6(16)7(18-9(10,11)12)4(3-13-8)2-5(14)15/h3,16H,2H2,1H3,(H,14,15). The molecule has 0 atom stereocenters. The third-order valence-electron chi connectivity index (χ3n) is 1.80. The molecule has 2 N–H and O–H groups in total. The summed E-state index contributed by atoms with van der Waals surface area (Å²) in [7, 11) is 1.08. The summed E-state index contributed by atoms with van der Waals surface area (Å²) < 4.78 is 44.5. The van der Waals surface area contributed by atoms with E-state index >= 15 is 0 Å². The highest BCUT2D eigenvalue weighted by Gasteiger charge is 2.35. The average molecular weight is 267 g/mol. The molecule has 0 bridgehead atoms. The zero-order chi connectivity index (χ0) is 13.9. The van der Waals surface area contributed by atoms with Gasteiger partial charge in [-0.25, -0.2) is 4.98 Å². The van der Waals surface area contributed by atoms with Crippen LogP contribution in [0.1, 0.15) is 5.56 Å². The number of alkyl halides is 3. The number of hydrogen-bond donors (Lipinski definition) is 2. The van der Waals surface area contributed by atoms with Gasteiger partial charge in [0.05, 0.1) is 13.5 Å². The van der Waals surface area contributed by atoms with Crippen LogP contribution in [0.5, 0.6) is 17.4 Å². The lowest BCUT2D eigenvalue weighted by Crippen LogP contribution is -2.19. The van der Waals surface area contributed by atoms with Gasteiger partial charge < -0.3 is 19.7 Å². The largest absolute Gasteiger partial charge is 0.573 e. The Hall–Kier alpha value is -2.19. The fourth-order valence-corrected chi connectivity index (χ4v) is 1.17. The van der Waals surface area contributed by atoms with Gasteiger partial charge in [0.15, 0.2) is 5.75 Å². The molecular weight excluding hydrogens is 259 g/mol. The summed E-state index contributed by atoms with van der Waals surface area (Å²) in [6, 6.07) is 0. The minimum atomic E-state index is -5.07. The highest BCUT2D eigenvalue weighted by atomic mass is 19.4. The zero-order valence-corrected chi connectivity index (χ0v) is 8.98. The first kappa shape index (κ1) is 13.9. The van der Waals surface area contributed by atoms with Gasteiger partial charge in [-0.1, -0.05) is 0 Å². The lowest BCUT2D eigenvalue weighted by Gasteiger charge is -2.14. The predicted octanol–water partition coefficient (Wildman–Crippen LogP) is 1.32. The maximum Gasteiger partial charge on any atom is 0.573 e. The number of halogens is 3. The SMILES string of the molecule is COc1ncc(CC(=O)O)c(OC(F)(F)F)c1O. The van der Waals surface area contributed by atoms with Crippen LogP contribution in [0.15, 0.2) is 6.20 Å². The highest BCUT2D eigenvalue weighted by molar-refractivity contribution is 5.72. The smallest absolute Gasteiger partial charge is 0.501 e. The van der Waals surface area contributed by atoms with Crippen molar-refractivity contribution >= 4 is 5.97 Å². The van der Waals surface area contributed by atoms with Crippen LogP contribution in [0.25, 0.3) is 0 Å². The van der Waals surface area contributed by atoms with Crippen molar-refractivity contribution in [3.63, 3.8) is 0 Å². The molecule has 0 aliphatic carbocycles. The van der Waals surface area contributed by atoms with Gasteiger partial charge in [-0.3, -0.25) is 4.79 Å². The second-order valence-electron chi connectivity index (χ2n) is 3.09. The van der Waals surface area contributed by atoms with Crippen LogP contribution in [-0.4, -0.2) is 34.6 Å². The first-order valence-corrected chi connectivity index (χ1v) is 4.47. The number of pyridine rings is 1. The molecule has 1 aromatic heterocycles. The van der Waals surface area contributed by atoms with Crippen molar-refractivity contribution in [2.45, 2.75) is 12.8 Å². The molecule has 6 nitrogen and oxygen atoms in total. The first-order valence-electron chi connectivity index (χ1n) is 4.47. The number of rotatable bonds is 4. The van der Waals surface area contributed by atoms with Crippen molar-refractivity contribution in [1.82, 2.24) is 4.98 Å². The van der Waals surface area contributed by atoms with Gasteiger partial charge in [0.25, 0.3) is 5.88 Å². The van der Waals surface area contributed by atoms with E-state index in [0.717, 1.165) is 13.3 Å². The fraction of sp³-hybridized carbons (Fsp3) is 0.333. The maximum atomic E-state index is 12.1. The van der Waals surface area contributed by atoms with E-state index in [1.54, 1.807) is 0 Å². The van der Waals surface area contributed by atoms with Crippen molar-refractivity contribution in [2.75, 3.05) is 7.11 Å². The van der Waals surface area contributed by atoms with Crippen LogP contribution in [0.2, 0.25) is 0 Å². The van der Waals surface area contributed by atoms with Gasteiger partial charge in [0.1, 0.15) is 0 Å². The Bertz CT molecular complexity index is 460. The van der Waals surface area contributed by atoms with Crippen molar-refractivity contribution < 1.29 is 37.7 Å². The minimum absolute atomic E-state index is 0.418. The summed E-state index contributed by atoms with van der Waals surface area (Å²) in [5.41, 5.74) is -0.418. The Morgan fingerprint density at radius 3 is 2.56 bits per heavy atom. The van der Waals surface area contributed by atoms with Gasteiger partial charge in [0.2, 0.25) is 5.75 Å². The molecular formula is C9H8F3NO5. The highest BCUT2D eigenvalue weighted by Crippen LogP contribution is 2.40. The third-order valence-corrected chi connectivity index (χ3v) is 1.80. The van der Waals surface area contributed by atoms with Crippen molar-refractivity contribution in [1.29, 1.82) is 0 Å². The van der Waals surface area contributed by atoms with Crippen LogP contribution >= 0.6 is 0 Å². The molecule has 1 aromatic rings. The average Bonchev–Trinajstić information content (AvgIpc) is 2.21. The zero-order valence-electron chi connectivity index (χ0n) is 8.98. The Kier molecular flexibility index (Phi) is 3.84. The second-order valence-corrected chi connectivity index (χ2v) is 3.09. The third kappa shape index (κ3) is 3.40. The van der Waals surface area contributed by atoms with Crippen LogP contribution in [0.4, 0.5) is 13.2 Å². The molecule has 0 saturated carbocycles. The monoisotopic (exact) mass is 267 g/mol. The van der Waals surface area contributed by atoms with Gasteiger partial charge in [-0.05, 0) is 0 Å². The molecule has 0 aliphatic rings. The van der Waals surface area contributed by atoms with Gasteiger partial charge >= 0.3 is 12.3 Å². The van der Waals surface area contributed by atoms with Crippen molar-refractivity contribution in [3.8, 4) is 17.4 Å². The number of hydrogen-bond acceptors (Lipinski definition) is 5. The van der Waals surface area contributed by atoms with Gasteiger partial charge in [-0.2, -0.15) is 0 Å². The molecule has 0 amide bonds. The van der Waals surface area contributed by atoms with Crippen LogP contribution < -0.4 is 9.47 Å². The van der Waals surface area contributed by atoms with E-state index in [9.17, 15) is 23.1 Å². The van der Waals surface area contributed by atoms with E-state index in [2.05, 4.69) is 14.5 Å². The van der Waals surface area contributed by atoms with E-state index in [0.29, 0.717) is 0 Å². The lowest BCUT2D eigenvalue weighted by atomic mass is 10.2. The normalized spacial score (nSPS) is 11.1. The van der Waals surface area contributed by atoms with E-state index < -0.39 is 41.7 Å². The quantitative estimate of drug-likeness (QED) is 0.855. The predicted molar refractivity (Wildman–Crippen MR) is 50.5 cm³/mol. The molecule has 0 saturated heterocycles. The topological polar surface area (TPSA) is 88.9 Å². The Labute approximate surface area is 98.6 Å². The number of carbonyl (C=O) groups is 1. The summed E-state index contributed by atoms with van der Waals surface area (Å²) >= 11 is 0. The van der Waals surface area contributed by atoms with Crippen LogP contribution in [0, 0.1) is 0 Å². The van der Waals surface area contributed by atoms with Crippen LogP contribution in [-0.2, 0) is 11.2 Å². The van der Waals surface area contributed by atoms with E-state index in [1.165, 1.54) is 0 Å². The van der Waals surface area contributed by atoms with Crippen molar-refractivity contribution in [3.05, 3.63) is 11.8 Å². The molecule has 0 spiro atoms. The number of carboxylic acid groups (broad SMARTS) is 1. The number of aromatic nitrogens is 1. The fourth-order valence-electron chi connectivity index (χ4n) is 1.17. The number of ether oxygens (including phenoxy) is 2. The summed E-state index contributed by atoms with van der Waals surface area (Å²) in [5, 5.41) is 18.0. The van der Waals surface area contributed by atoms with Gasteiger partial charge in [0, 0.05) is 11.8 Å². The van der Waals surface area contributed by atoms with E-state index in [-0.39, 0.29) is 0 Å². The molecule has 0 aromatic carbocycles. The molecule has 100 valence electrons. The van der Waals surface area contributed by atoms with Gasteiger partial charge in [-0.15, -0.1) is 13.2 Å². The summed E-state index contributed by atoms with van der Waals surface area (Å²) in [5.74, 6) is -3.93. The van der Waals surface area contributed by atoms with E-state index in [4.69, 9.17) is 5.11 Å². The van der Waals surface area contributed by atoms with E-state index in [1.807, 2.05) is 0 Å². The maximum absolute atomic E-state index is 12.1. The molecule has 0 unspecified atom stereocenters. The summed E-state index contributed by atoms with van der Waals surface area (Å²) in [6.07, 6.45) is -5.03. The molecule has 1 heterocycles. The Balaban J connectivity index is 3.26. The molecule has 0 aliphatic heterocycles. The molecule has 1 rings (SSSR count). The number of aromatic hydroxyl groups is 1. The van der Waals surface area contributed by atoms with Crippen LogP contribution in [0.3, 0.4) is 0 Å². The molecule has 9 heteroatoms. The lowest BCUT2D eigenvalue weighted by molar-refractivity contribution is -0.275. The Morgan fingerprint density at radius 2 is 2.11 bits per heavy atom. The summed E-state index contributed by atoms with van der Waals surface area (Å²) in [6.45, 7) is 0. The second kappa shape index (κ2) is 4.98.